The number of nitrogens with one attached hydrogen (secondary N) is 2. The molecule has 0 aromatic rings. The van der Waals surface area contributed by atoms with Crippen molar-refractivity contribution in [2.75, 3.05) is 72.1 Å². The molecule has 0 saturated carbocycles. The maximum Gasteiger partial charge on any atom is 0.328 e. The lowest BCUT2D eigenvalue weighted by Crippen LogP contribution is -2.50. The van der Waals surface area contributed by atoms with Crippen LogP contribution in [0.4, 0.5) is 0 Å². The molecule has 0 aromatic carbocycles. The van der Waals surface area contributed by atoms with E-state index in [1.54, 1.807) is 0 Å². The quantitative estimate of drug-likeness (QED) is 0.0588. The minimum atomic E-state index is -1.62. The third kappa shape index (κ3) is 16.5. The Hall–Kier alpha value is -3.91. The van der Waals surface area contributed by atoms with Gasteiger partial charge in [-0.15, -0.1) is 0 Å². The molecule has 19 nitrogen and oxygen atoms in total. The smallest absolute Gasteiger partial charge is 0.328 e. The Labute approximate surface area is 221 Å². The van der Waals surface area contributed by atoms with Gasteiger partial charge in [-0.25, -0.2) is 9.59 Å². The number of hydrogen-bond donors (Lipinski definition) is 9. The lowest BCUT2D eigenvalue weighted by Gasteiger charge is -2.28. The summed E-state index contributed by atoms with van der Waals surface area (Å²) in [5.41, 5.74) is 0. The molecule has 0 fully saturated rings. The first kappa shape index (κ1) is 35.1. The number of aliphatic hydroxyl groups excluding tert-OH is 2. The number of carbonyl (C=O) groups is 7. The predicted molar refractivity (Wildman–Crippen MR) is 126 cm³/mol. The zero-order valence-electron chi connectivity index (χ0n) is 20.8. The van der Waals surface area contributed by atoms with Crippen LogP contribution in [0.3, 0.4) is 0 Å². The van der Waals surface area contributed by atoms with Gasteiger partial charge in [0.2, 0.25) is 11.8 Å². The van der Waals surface area contributed by atoms with E-state index in [4.69, 9.17) is 30.6 Å². The summed E-state index contributed by atoms with van der Waals surface area (Å²) in [5, 5.41) is 67.3. The van der Waals surface area contributed by atoms with Gasteiger partial charge in [0, 0.05) is 26.2 Å². The summed E-state index contributed by atoms with van der Waals surface area (Å²) in [6.45, 7) is -5.63. The van der Waals surface area contributed by atoms with Gasteiger partial charge in [-0.2, -0.15) is 0 Å². The van der Waals surface area contributed by atoms with E-state index in [9.17, 15) is 38.7 Å². The van der Waals surface area contributed by atoms with Gasteiger partial charge in [0.25, 0.3) is 0 Å². The van der Waals surface area contributed by atoms with Crippen molar-refractivity contribution < 1.29 is 69.3 Å². The molecule has 0 radical (unpaired) electrons. The monoisotopic (exact) mass is 567 g/mol. The molecule has 0 bridgehead atoms. The summed E-state index contributed by atoms with van der Waals surface area (Å²) in [6, 6.07) is -3.23. The molecule has 0 aliphatic heterocycles. The SMILES string of the molecule is O=C(O)CN(CCN(CC(=O)O)CC(=O)N[C@H](CO)C(=O)O)CCN(CC(=O)O)CC(=O)N[C@H](CO)C(=O)O. The first-order valence-corrected chi connectivity index (χ1v) is 11.3. The molecule has 0 aromatic heterocycles. The van der Waals surface area contributed by atoms with Crippen LogP contribution in [0.5, 0.6) is 0 Å². The molecule has 2 atom stereocenters. The van der Waals surface area contributed by atoms with Crippen LogP contribution in [0.25, 0.3) is 0 Å². The van der Waals surface area contributed by atoms with E-state index >= 15 is 0 Å². The molecule has 0 unspecified atom stereocenters. The summed E-state index contributed by atoms with van der Waals surface area (Å²) in [6.07, 6.45) is 0. The number of nitrogens with zero attached hydrogens (tertiary/aromatic N) is 3. The third-order valence-electron chi connectivity index (χ3n) is 4.91. The molecular formula is C20H33N5O14. The molecule has 222 valence electrons. The fraction of sp³-hybridized carbons (Fsp3) is 0.650. The lowest BCUT2D eigenvalue weighted by molar-refractivity contribution is -0.144. The number of carboxylic acid groups (broad SMARTS) is 5. The van der Waals surface area contributed by atoms with Gasteiger partial charge in [-0.3, -0.25) is 38.7 Å². The Kier molecular flexibility index (Phi) is 16.5. The Bertz CT molecular complexity index is 823. The van der Waals surface area contributed by atoms with Crippen molar-refractivity contribution in [3.8, 4) is 0 Å². The number of aliphatic carboxylic acids is 5. The van der Waals surface area contributed by atoms with Crippen molar-refractivity contribution in [3.05, 3.63) is 0 Å². The van der Waals surface area contributed by atoms with Crippen LogP contribution in [0, 0.1) is 0 Å². The Balaban J connectivity index is 5.32. The maximum atomic E-state index is 12.1. The molecule has 0 saturated heterocycles. The van der Waals surface area contributed by atoms with Crippen molar-refractivity contribution >= 4 is 41.7 Å². The summed E-state index contributed by atoms with van der Waals surface area (Å²) in [5.74, 6) is -8.83. The molecule has 0 aliphatic rings. The zero-order valence-corrected chi connectivity index (χ0v) is 20.8. The van der Waals surface area contributed by atoms with E-state index in [1.165, 1.54) is 4.90 Å². The van der Waals surface area contributed by atoms with Crippen molar-refractivity contribution in [2.45, 2.75) is 12.1 Å². The molecule has 0 heterocycles. The van der Waals surface area contributed by atoms with Gasteiger partial charge in [0.05, 0.1) is 45.9 Å². The summed E-state index contributed by atoms with van der Waals surface area (Å²) in [7, 11) is 0. The number of amides is 2. The molecule has 39 heavy (non-hydrogen) atoms. The lowest BCUT2D eigenvalue weighted by atomic mass is 10.3. The highest BCUT2D eigenvalue weighted by atomic mass is 16.4. The van der Waals surface area contributed by atoms with Crippen LogP contribution in [-0.4, -0.2) is 176 Å². The average molecular weight is 568 g/mol. The summed E-state index contributed by atoms with van der Waals surface area (Å²) in [4.78, 5) is 83.2. The topological polar surface area (TPSA) is 295 Å². The summed E-state index contributed by atoms with van der Waals surface area (Å²) >= 11 is 0. The molecule has 0 aliphatic carbocycles. The Morgan fingerprint density at radius 3 is 1.03 bits per heavy atom. The second kappa shape index (κ2) is 18.4. The van der Waals surface area contributed by atoms with Crippen LogP contribution in [-0.2, 0) is 33.6 Å². The Morgan fingerprint density at radius 1 is 0.487 bits per heavy atom. The van der Waals surface area contributed by atoms with E-state index < -0.39 is 99.7 Å². The second-order valence-electron chi connectivity index (χ2n) is 8.16. The van der Waals surface area contributed by atoms with Gasteiger partial charge < -0.3 is 46.4 Å². The first-order chi connectivity index (χ1) is 18.2. The number of carboxylic acids is 5. The minimum Gasteiger partial charge on any atom is -0.480 e. The standard InChI is InChI=1S/C20H33N5O14/c26-10-12(19(36)37)21-14(28)5-24(8-17(32)33)3-1-23(7-16(30)31)2-4-25(9-18(34)35)6-15(29)22-13(11-27)20(38)39/h12-13,26-27H,1-11H2,(H,21,28)(H,22,29)(H,30,31)(H,32,33)(H,34,35)(H,36,37)(H,38,39)/t12-,13-/m1/s1. The van der Waals surface area contributed by atoms with Gasteiger partial charge >= 0.3 is 29.8 Å². The van der Waals surface area contributed by atoms with Crippen LogP contribution in [0.15, 0.2) is 0 Å². The number of rotatable bonds is 22. The van der Waals surface area contributed by atoms with Crippen molar-refractivity contribution in [3.63, 3.8) is 0 Å². The zero-order chi connectivity index (χ0) is 30.1. The molecular weight excluding hydrogens is 534 g/mol. The fourth-order valence-electron chi connectivity index (χ4n) is 3.09. The second-order valence-corrected chi connectivity index (χ2v) is 8.16. The van der Waals surface area contributed by atoms with Gasteiger partial charge in [-0.05, 0) is 0 Å². The van der Waals surface area contributed by atoms with E-state index in [0.717, 1.165) is 9.80 Å². The van der Waals surface area contributed by atoms with Crippen LogP contribution in [0.1, 0.15) is 0 Å². The van der Waals surface area contributed by atoms with E-state index in [2.05, 4.69) is 0 Å². The van der Waals surface area contributed by atoms with Gasteiger partial charge in [0.1, 0.15) is 12.1 Å². The highest BCUT2D eigenvalue weighted by molar-refractivity contribution is 5.85. The largest absolute Gasteiger partial charge is 0.480 e. The normalized spacial score (nSPS) is 12.6. The predicted octanol–water partition coefficient (Wildman–Crippen LogP) is -5.73. The van der Waals surface area contributed by atoms with Crippen molar-refractivity contribution in [2.24, 2.45) is 0 Å². The van der Waals surface area contributed by atoms with Crippen LogP contribution in [0.2, 0.25) is 0 Å². The maximum absolute atomic E-state index is 12.1. The van der Waals surface area contributed by atoms with Crippen LogP contribution < -0.4 is 10.6 Å². The highest BCUT2D eigenvalue weighted by Crippen LogP contribution is 1.98. The molecule has 2 amide bonds. The molecule has 19 heteroatoms. The van der Waals surface area contributed by atoms with Crippen molar-refractivity contribution in [1.82, 2.24) is 25.3 Å². The average Bonchev–Trinajstić information content (AvgIpc) is 2.80. The number of aliphatic hydroxyl groups is 2. The van der Waals surface area contributed by atoms with E-state index in [-0.39, 0.29) is 26.2 Å². The summed E-state index contributed by atoms with van der Waals surface area (Å²) < 4.78 is 0. The van der Waals surface area contributed by atoms with Gasteiger partial charge in [0.15, 0.2) is 0 Å². The van der Waals surface area contributed by atoms with Gasteiger partial charge in [-0.1, -0.05) is 0 Å². The highest BCUT2D eigenvalue weighted by Gasteiger charge is 2.24. The fourth-order valence-corrected chi connectivity index (χ4v) is 3.09. The minimum absolute atomic E-state index is 0.145. The first-order valence-electron chi connectivity index (χ1n) is 11.3. The number of carbonyl (C=O) groups excluding carboxylic acids is 2. The number of hydrogen-bond acceptors (Lipinski definition) is 12. The third-order valence-corrected chi connectivity index (χ3v) is 4.91. The molecule has 0 rings (SSSR count). The Morgan fingerprint density at radius 2 is 0.769 bits per heavy atom. The van der Waals surface area contributed by atoms with Crippen molar-refractivity contribution in [1.29, 1.82) is 0 Å². The van der Waals surface area contributed by atoms with Crippen LogP contribution >= 0.6 is 0 Å². The van der Waals surface area contributed by atoms with E-state index in [0.29, 0.717) is 0 Å². The molecule has 9 N–H and O–H groups in total. The van der Waals surface area contributed by atoms with E-state index in [1.807, 2.05) is 10.6 Å². The molecule has 0 spiro atoms.